The van der Waals surface area contributed by atoms with E-state index in [9.17, 15) is 0 Å². The molecule has 0 aliphatic heterocycles. The zero-order chi connectivity index (χ0) is 11.8. The SMILES string of the molecule is COc1c2ccccc2cc2cccc(N)c12. The fraction of sp³-hybridized carbons (Fsp3) is 0.0667. The number of methoxy groups -OCH3 is 1. The summed E-state index contributed by atoms with van der Waals surface area (Å²) in [5.74, 6) is 0.858. The molecule has 0 radical (unpaired) electrons. The zero-order valence-corrected chi connectivity index (χ0v) is 9.60. The van der Waals surface area contributed by atoms with Crippen molar-refractivity contribution in [1.82, 2.24) is 0 Å². The molecule has 0 fully saturated rings. The maximum absolute atomic E-state index is 6.04. The lowest BCUT2D eigenvalue weighted by Crippen LogP contribution is -1.92. The lowest BCUT2D eigenvalue weighted by molar-refractivity contribution is 0.425. The monoisotopic (exact) mass is 223 g/mol. The van der Waals surface area contributed by atoms with E-state index in [1.807, 2.05) is 24.3 Å². The van der Waals surface area contributed by atoms with Gasteiger partial charge in [0, 0.05) is 16.5 Å². The van der Waals surface area contributed by atoms with Crippen LogP contribution in [0.4, 0.5) is 5.69 Å². The van der Waals surface area contributed by atoms with E-state index in [2.05, 4.69) is 24.3 Å². The highest BCUT2D eigenvalue weighted by Gasteiger charge is 2.09. The van der Waals surface area contributed by atoms with Crippen molar-refractivity contribution in [2.24, 2.45) is 0 Å². The molecule has 3 aromatic rings. The molecule has 0 atom stereocenters. The minimum Gasteiger partial charge on any atom is -0.495 e. The number of nitrogens with two attached hydrogens (primary N) is 1. The highest BCUT2D eigenvalue weighted by molar-refractivity contribution is 6.09. The Bertz CT molecular complexity index is 704. The highest BCUT2D eigenvalue weighted by atomic mass is 16.5. The van der Waals surface area contributed by atoms with Crippen molar-refractivity contribution in [3.05, 3.63) is 48.5 Å². The fourth-order valence-corrected chi connectivity index (χ4v) is 2.32. The van der Waals surface area contributed by atoms with Crippen LogP contribution in [0.3, 0.4) is 0 Å². The average Bonchev–Trinajstić information content (AvgIpc) is 2.36. The topological polar surface area (TPSA) is 35.2 Å². The van der Waals surface area contributed by atoms with Crippen LogP contribution in [-0.4, -0.2) is 7.11 Å². The predicted octanol–water partition coefficient (Wildman–Crippen LogP) is 3.58. The van der Waals surface area contributed by atoms with E-state index in [1.165, 1.54) is 5.39 Å². The standard InChI is InChI=1S/C15H13NO/c1-17-15-12-7-3-2-5-10(12)9-11-6-4-8-13(16)14(11)15/h2-9H,16H2,1H3. The van der Waals surface area contributed by atoms with E-state index in [1.54, 1.807) is 7.11 Å². The normalized spacial score (nSPS) is 10.9. The Labute approximate surface area is 99.6 Å². The average molecular weight is 223 g/mol. The summed E-state index contributed by atoms with van der Waals surface area (Å²) >= 11 is 0. The molecular formula is C15H13NO. The van der Waals surface area contributed by atoms with Gasteiger partial charge in [-0.3, -0.25) is 0 Å². The van der Waals surface area contributed by atoms with Crippen LogP contribution >= 0.6 is 0 Å². The summed E-state index contributed by atoms with van der Waals surface area (Å²) in [6.07, 6.45) is 0. The Morgan fingerprint density at radius 2 is 1.71 bits per heavy atom. The Balaban J connectivity index is 2.59. The van der Waals surface area contributed by atoms with Gasteiger partial charge >= 0.3 is 0 Å². The van der Waals surface area contributed by atoms with Gasteiger partial charge in [-0.05, 0) is 22.9 Å². The van der Waals surface area contributed by atoms with Crippen LogP contribution in [0.15, 0.2) is 48.5 Å². The number of rotatable bonds is 1. The summed E-state index contributed by atoms with van der Waals surface area (Å²) in [7, 11) is 1.69. The maximum Gasteiger partial charge on any atom is 0.136 e. The van der Waals surface area contributed by atoms with Crippen molar-refractivity contribution in [2.75, 3.05) is 12.8 Å². The first-order valence-electron chi connectivity index (χ1n) is 5.55. The molecule has 0 aliphatic carbocycles. The van der Waals surface area contributed by atoms with E-state index >= 15 is 0 Å². The first kappa shape index (κ1) is 9.97. The van der Waals surface area contributed by atoms with Crippen molar-refractivity contribution in [3.8, 4) is 5.75 Å². The van der Waals surface area contributed by atoms with Gasteiger partial charge < -0.3 is 10.5 Å². The molecule has 0 unspecified atom stereocenters. The summed E-state index contributed by atoms with van der Waals surface area (Å²) in [6, 6.07) is 16.2. The summed E-state index contributed by atoms with van der Waals surface area (Å²) in [6.45, 7) is 0. The summed E-state index contributed by atoms with van der Waals surface area (Å²) in [4.78, 5) is 0. The number of ether oxygens (including phenoxy) is 1. The minimum atomic E-state index is 0.755. The summed E-state index contributed by atoms with van der Waals surface area (Å²) < 4.78 is 5.54. The van der Waals surface area contributed by atoms with Gasteiger partial charge in [0.2, 0.25) is 0 Å². The fourth-order valence-electron chi connectivity index (χ4n) is 2.32. The molecule has 0 spiro atoms. The lowest BCUT2D eigenvalue weighted by atomic mass is 10.0. The molecule has 2 nitrogen and oxygen atoms in total. The van der Waals surface area contributed by atoms with Crippen molar-refractivity contribution >= 4 is 27.2 Å². The molecule has 0 aliphatic rings. The molecule has 84 valence electrons. The highest BCUT2D eigenvalue weighted by Crippen LogP contribution is 2.37. The zero-order valence-electron chi connectivity index (χ0n) is 9.60. The molecule has 0 amide bonds. The molecule has 2 N–H and O–H groups in total. The Morgan fingerprint density at radius 1 is 0.941 bits per heavy atom. The second-order valence-corrected chi connectivity index (χ2v) is 4.08. The number of anilines is 1. The maximum atomic E-state index is 6.04. The smallest absolute Gasteiger partial charge is 0.136 e. The van der Waals surface area contributed by atoms with E-state index < -0.39 is 0 Å². The largest absolute Gasteiger partial charge is 0.495 e. The molecular weight excluding hydrogens is 210 g/mol. The van der Waals surface area contributed by atoms with Crippen LogP contribution in [0.2, 0.25) is 0 Å². The molecule has 3 aromatic carbocycles. The first-order chi connectivity index (χ1) is 8.31. The molecule has 2 heteroatoms. The quantitative estimate of drug-likeness (QED) is 0.505. The van der Waals surface area contributed by atoms with Gasteiger partial charge in [-0.2, -0.15) is 0 Å². The molecule has 0 aromatic heterocycles. The predicted molar refractivity (Wildman–Crippen MR) is 72.4 cm³/mol. The van der Waals surface area contributed by atoms with Crippen LogP contribution in [-0.2, 0) is 0 Å². The van der Waals surface area contributed by atoms with Crippen LogP contribution < -0.4 is 10.5 Å². The molecule has 17 heavy (non-hydrogen) atoms. The second kappa shape index (κ2) is 3.67. The van der Waals surface area contributed by atoms with Gasteiger partial charge in [-0.25, -0.2) is 0 Å². The summed E-state index contributed by atoms with van der Waals surface area (Å²) in [5, 5.41) is 4.37. The van der Waals surface area contributed by atoms with E-state index in [0.717, 1.165) is 27.6 Å². The van der Waals surface area contributed by atoms with Gasteiger partial charge in [0.25, 0.3) is 0 Å². The lowest BCUT2D eigenvalue weighted by Gasteiger charge is -2.11. The molecule has 0 saturated heterocycles. The number of hydrogen-bond donors (Lipinski definition) is 1. The van der Waals surface area contributed by atoms with E-state index in [0.29, 0.717) is 0 Å². The van der Waals surface area contributed by atoms with Crippen LogP contribution in [0.1, 0.15) is 0 Å². The third-order valence-corrected chi connectivity index (χ3v) is 3.08. The van der Waals surface area contributed by atoms with Crippen LogP contribution in [0, 0.1) is 0 Å². The van der Waals surface area contributed by atoms with Crippen molar-refractivity contribution in [1.29, 1.82) is 0 Å². The number of benzene rings is 3. The van der Waals surface area contributed by atoms with Crippen molar-refractivity contribution < 1.29 is 4.74 Å². The molecule has 0 saturated carbocycles. The first-order valence-corrected chi connectivity index (χ1v) is 5.55. The van der Waals surface area contributed by atoms with Gasteiger partial charge in [0.1, 0.15) is 5.75 Å². The van der Waals surface area contributed by atoms with E-state index in [-0.39, 0.29) is 0 Å². The van der Waals surface area contributed by atoms with Crippen LogP contribution in [0.25, 0.3) is 21.5 Å². The minimum absolute atomic E-state index is 0.755. The third kappa shape index (κ3) is 1.41. The van der Waals surface area contributed by atoms with E-state index in [4.69, 9.17) is 10.5 Å². The molecule has 0 bridgehead atoms. The molecule has 3 rings (SSSR count). The van der Waals surface area contributed by atoms with Gasteiger partial charge in [-0.15, -0.1) is 0 Å². The Morgan fingerprint density at radius 3 is 2.53 bits per heavy atom. The van der Waals surface area contributed by atoms with Gasteiger partial charge in [-0.1, -0.05) is 36.4 Å². The third-order valence-electron chi connectivity index (χ3n) is 3.08. The Kier molecular flexibility index (Phi) is 2.15. The number of fused-ring (bicyclic) bond motifs is 2. The summed E-state index contributed by atoms with van der Waals surface area (Å²) in [5.41, 5.74) is 6.80. The second-order valence-electron chi connectivity index (χ2n) is 4.08. The number of hydrogen-bond acceptors (Lipinski definition) is 2. The molecule has 0 heterocycles. The Hall–Kier alpha value is -2.22. The van der Waals surface area contributed by atoms with Gasteiger partial charge in [0.05, 0.1) is 7.11 Å². The van der Waals surface area contributed by atoms with Gasteiger partial charge in [0.15, 0.2) is 0 Å². The van der Waals surface area contributed by atoms with Crippen LogP contribution in [0.5, 0.6) is 5.75 Å². The van der Waals surface area contributed by atoms with Crippen molar-refractivity contribution in [2.45, 2.75) is 0 Å². The van der Waals surface area contributed by atoms with Crippen molar-refractivity contribution in [3.63, 3.8) is 0 Å². The number of nitrogen functional groups attached to an aromatic ring is 1.